The second-order valence-electron chi connectivity index (χ2n) is 5.74. The van der Waals surface area contributed by atoms with Gasteiger partial charge >= 0.3 is 0 Å². The summed E-state index contributed by atoms with van der Waals surface area (Å²) in [6, 6.07) is 11.4. The first-order valence-electron chi connectivity index (χ1n) is 7.71. The summed E-state index contributed by atoms with van der Waals surface area (Å²) in [5.41, 5.74) is 3.77. The van der Waals surface area contributed by atoms with E-state index in [-0.39, 0.29) is 5.91 Å². The number of hydrogen-bond donors (Lipinski definition) is 1. The summed E-state index contributed by atoms with van der Waals surface area (Å²) < 4.78 is 5.92. The average Bonchev–Trinajstić information content (AvgIpc) is 2.51. The Balaban J connectivity index is 2.11. The largest absolute Gasteiger partial charge is 0.480 e. The monoisotopic (exact) mass is 331 g/mol. The summed E-state index contributed by atoms with van der Waals surface area (Å²) in [6.07, 6.45) is 0.0364. The molecule has 3 nitrogen and oxygen atoms in total. The molecule has 0 fully saturated rings. The van der Waals surface area contributed by atoms with E-state index in [0.717, 1.165) is 22.4 Å². The van der Waals surface area contributed by atoms with Crippen molar-refractivity contribution in [1.82, 2.24) is 0 Å². The highest BCUT2D eigenvalue weighted by atomic mass is 35.5. The van der Waals surface area contributed by atoms with Gasteiger partial charge in [0.05, 0.1) is 0 Å². The van der Waals surface area contributed by atoms with Crippen molar-refractivity contribution in [3.05, 3.63) is 58.1 Å². The fourth-order valence-electron chi connectivity index (χ4n) is 2.20. The zero-order chi connectivity index (χ0) is 17.0. The highest BCUT2D eigenvalue weighted by Gasteiger charge is 2.19. The van der Waals surface area contributed by atoms with Gasteiger partial charge in [0.25, 0.3) is 5.91 Å². The zero-order valence-electron chi connectivity index (χ0n) is 13.9. The first-order valence-corrected chi connectivity index (χ1v) is 8.09. The van der Waals surface area contributed by atoms with E-state index in [2.05, 4.69) is 5.32 Å². The van der Waals surface area contributed by atoms with Gasteiger partial charge in [-0.25, -0.2) is 0 Å². The number of ether oxygens (including phenoxy) is 1. The molecule has 0 aliphatic heterocycles. The van der Waals surface area contributed by atoms with E-state index < -0.39 is 6.10 Å². The molecule has 0 unspecified atom stereocenters. The van der Waals surface area contributed by atoms with Crippen LogP contribution in [0.5, 0.6) is 5.75 Å². The maximum atomic E-state index is 12.5. The topological polar surface area (TPSA) is 38.3 Å². The van der Waals surface area contributed by atoms with E-state index in [0.29, 0.717) is 17.1 Å². The summed E-state index contributed by atoms with van der Waals surface area (Å²) in [5.74, 6) is 0.572. The second kappa shape index (κ2) is 7.51. The number of carbonyl (C=O) groups excluding carboxylic acids is 1. The average molecular weight is 332 g/mol. The Morgan fingerprint density at radius 3 is 2.48 bits per heavy atom. The van der Waals surface area contributed by atoms with Gasteiger partial charge in [0, 0.05) is 10.7 Å². The molecule has 0 aliphatic carbocycles. The summed E-state index contributed by atoms with van der Waals surface area (Å²) in [5, 5.41) is 3.50. The van der Waals surface area contributed by atoms with Crippen LogP contribution >= 0.6 is 11.6 Å². The molecular weight excluding hydrogens is 310 g/mol. The van der Waals surface area contributed by atoms with Gasteiger partial charge in [-0.2, -0.15) is 0 Å². The summed E-state index contributed by atoms with van der Waals surface area (Å²) >= 11 is 6.10. The normalized spacial score (nSPS) is 11.9. The van der Waals surface area contributed by atoms with Crippen LogP contribution in [0.15, 0.2) is 36.4 Å². The molecule has 23 heavy (non-hydrogen) atoms. The molecular formula is C19H22ClNO2. The maximum Gasteiger partial charge on any atom is 0.265 e. The van der Waals surface area contributed by atoms with Gasteiger partial charge in [-0.1, -0.05) is 36.7 Å². The Morgan fingerprint density at radius 1 is 1.13 bits per heavy atom. The Kier molecular flexibility index (Phi) is 5.67. The van der Waals surface area contributed by atoms with Crippen LogP contribution in [-0.2, 0) is 4.79 Å². The third-order valence-corrected chi connectivity index (χ3v) is 4.12. The smallest absolute Gasteiger partial charge is 0.265 e. The Labute approximate surface area is 142 Å². The molecule has 2 aromatic rings. The molecule has 0 heterocycles. The summed E-state index contributed by atoms with van der Waals surface area (Å²) in [7, 11) is 0. The second-order valence-corrected chi connectivity index (χ2v) is 6.14. The van der Waals surface area contributed by atoms with Crippen molar-refractivity contribution in [3.63, 3.8) is 0 Å². The van der Waals surface area contributed by atoms with Crippen molar-refractivity contribution in [3.8, 4) is 5.75 Å². The molecule has 0 bridgehead atoms. The van der Waals surface area contributed by atoms with E-state index in [9.17, 15) is 4.79 Å². The van der Waals surface area contributed by atoms with Crippen molar-refractivity contribution in [2.75, 3.05) is 5.32 Å². The van der Waals surface area contributed by atoms with Gasteiger partial charge in [-0.05, 0) is 62.1 Å². The lowest BCUT2D eigenvalue weighted by molar-refractivity contribution is -0.122. The van der Waals surface area contributed by atoms with Crippen LogP contribution in [0, 0.1) is 20.8 Å². The number of amides is 1. The molecule has 0 saturated carbocycles. The highest BCUT2D eigenvalue weighted by molar-refractivity contribution is 6.31. The minimum Gasteiger partial charge on any atom is -0.480 e. The lowest BCUT2D eigenvalue weighted by Gasteiger charge is -2.19. The fraction of sp³-hybridized carbons (Fsp3) is 0.316. The van der Waals surface area contributed by atoms with E-state index in [1.165, 1.54) is 0 Å². The quantitative estimate of drug-likeness (QED) is 0.831. The van der Waals surface area contributed by atoms with Crippen molar-refractivity contribution in [1.29, 1.82) is 0 Å². The van der Waals surface area contributed by atoms with Crippen LogP contribution in [0.4, 0.5) is 5.69 Å². The number of aryl methyl sites for hydroxylation is 3. The maximum absolute atomic E-state index is 12.5. The predicted octanol–water partition coefficient (Wildman–Crippen LogP) is 5.06. The highest BCUT2D eigenvalue weighted by Crippen LogP contribution is 2.23. The predicted molar refractivity (Wildman–Crippen MR) is 95.4 cm³/mol. The zero-order valence-corrected chi connectivity index (χ0v) is 14.7. The molecule has 1 amide bonds. The van der Waals surface area contributed by atoms with Gasteiger partial charge in [0.1, 0.15) is 5.75 Å². The van der Waals surface area contributed by atoms with E-state index in [1.54, 1.807) is 6.07 Å². The lowest BCUT2D eigenvalue weighted by Crippen LogP contribution is -2.32. The Bertz CT molecular complexity index is 713. The summed E-state index contributed by atoms with van der Waals surface area (Å²) in [4.78, 5) is 12.5. The Morgan fingerprint density at radius 2 is 1.83 bits per heavy atom. The standard InChI is InChI=1S/C19H22ClNO2/c1-5-17(23-18-10-12(2)6-7-14(18)4)19(22)21-15-9-8-13(3)16(20)11-15/h6-11,17H,5H2,1-4H3,(H,21,22)/t17-/m1/s1. The van der Waals surface area contributed by atoms with Crippen molar-refractivity contribution >= 4 is 23.2 Å². The van der Waals surface area contributed by atoms with Crippen LogP contribution in [0.25, 0.3) is 0 Å². The molecule has 1 N–H and O–H groups in total. The minimum atomic E-state index is -0.546. The molecule has 2 aromatic carbocycles. The molecule has 2 rings (SSSR count). The third-order valence-electron chi connectivity index (χ3n) is 3.72. The van der Waals surface area contributed by atoms with E-state index in [4.69, 9.17) is 16.3 Å². The van der Waals surface area contributed by atoms with Crippen LogP contribution in [0.3, 0.4) is 0 Å². The van der Waals surface area contributed by atoms with Crippen LogP contribution in [0.2, 0.25) is 5.02 Å². The number of nitrogens with one attached hydrogen (secondary N) is 1. The fourth-order valence-corrected chi connectivity index (χ4v) is 2.38. The molecule has 0 aliphatic rings. The molecule has 1 atom stereocenters. The number of rotatable bonds is 5. The van der Waals surface area contributed by atoms with Crippen LogP contribution < -0.4 is 10.1 Å². The molecule has 0 aromatic heterocycles. The molecule has 0 saturated heterocycles. The molecule has 0 radical (unpaired) electrons. The number of carbonyl (C=O) groups is 1. The molecule has 122 valence electrons. The first kappa shape index (κ1) is 17.4. The van der Waals surface area contributed by atoms with Crippen molar-refractivity contribution in [2.45, 2.75) is 40.2 Å². The van der Waals surface area contributed by atoms with Crippen molar-refractivity contribution in [2.24, 2.45) is 0 Å². The van der Waals surface area contributed by atoms with E-state index in [1.807, 2.05) is 58.0 Å². The van der Waals surface area contributed by atoms with Gasteiger partial charge in [-0.15, -0.1) is 0 Å². The van der Waals surface area contributed by atoms with E-state index >= 15 is 0 Å². The van der Waals surface area contributed by atoms with Crippen LogP contribution in [-0.4, -0.2) is 12.0 Å². The first-order chi connectivity index (χ1) is 10.9. The number of hydrogen-bond acceptors (Lipinski definition) is 2. The third kappa shape index (κ3) is 4.49. The Hall–Kier alpha value is -2.00. The van der Waals surface area contributed by atoms with Crippen LogP contribution in [0.1, 0.15) is 30.0 Å². The van der Waals surface area contributed by atoms with Crippen molar-refractivity contribution < 1.29 is 9.53 Å². The number of benzene rings is 2. The van der Waals surface area contributed by atoms with Gasteiger partial charge in [0.15, 0.2) is 6.10 Å². The van der Waals surface area contributed by atoms with Gasteiger partial charge in [0.2, 0.25) is 0 Å². The molecule has 4 heteroatoms. The number of anilines is 1. The van der Waals surface area contributed by atoms with Gasteiger partial charge < -0.3 is 10.1 Å². The van der Waals surface area contributed by atoms with Gasteiger partial charge in [-0.3, -0.25) is 4.79 Å². The molecule has 0 spiro atoms. The lowest BCUT2D eigenvalue weighted by atomic mass is 10.1. The summed E-state index contributed by atoms with van der Waals surface area (Å²) in [6.45, 7) is 7.82. The minimum absolute atomic E-state index is 0.173. The number of halogens is 1. The SMILES string of the molecule is CC[C@@H](Oc1cc(C)ccc1C)C(=O)Nc1ccc(C)c(Cl)c1.